The predicted molar refractivity (Wildman–Crippen MR) is 49.7 cm³/mol. The smallest absolute Gasteiger partial charge is 0.137 e. The summed E-state index contributed by atoms with van der Waals surface area (Å²) < 4.78 is 10.7. The van der Waals surface area contributed by atoms with Gasteiger partial charge in [0.1, 0.15) is 18.0 Å². The van der Waals surface area contributed by atoms with Crippen molar-refractivity contribution in [1.29, 1.82) is 0 Å². The summed E-state index contributed by atoms with van der Waals surface area (Å²) >= 11 is 0. The van der Waals surface area contributed by atoms with E-state index >= 15 is 0 Å². The Morgan fingerprint density at radius 1 is 1.38 bits per heavy atom. The molecule has 2 rings (SSSR count). The lowest BCUT2D eigenvalue weighted by molar-refractivity contribution is 0.194. The topological polar surface area (TPSA) is 47.8 Å². The van der Waals surface area contributed by atoms with E-state index in [0.717, 1.165) is 12.4 Å². The lowest BCUT2D eigenvalue weighted by atomic mass is 10.2. The molecule has 0 aliphatic carbocycles. The Balaban J connectivity index is 1.86. The second-order valence-electron chi connectivity index (χ2n) is 3.28. The molecular formula is C10H13NO2. The standard InChI is InChI=1S/C10H13NO2/c11-6-10(8-13-10)7-12-9-4-2-1-3-5-9/h1-5H,6-8,11H2. The summed E-state index contributed by atoms with van der Waals surface area (Å²) in [6.07, 6.45) is 0. The van der Waals surface area contributed by atoms with Gasteiger partial charge in [-0.1, -0.05) is 18.2 Å². The zero-order chi connectivity index (χ0) is 9.15. The largest absolute Gasteiger partial charge is 0.490 e. The number of para-hydroxylation sites is 1. The Morgan fingerprint density at radius 2 is 2.08 bits per heavy atom. The minimum Gasteiger partial charge on any atom is -0.490 e. The average molecular weight is 179 g/mol. The van der Waals surface area contributed by atoms with Crippen LogP contribution < -0.4 is 10.5 Å². The first kappa shape index (κ1) is 8.53. The highest BCUT2D eigenvalue weighted by Crippen LogP contribution is 2.26. The van der Waals surface area contributed by atoms with Crippen molar-refractivity contribution in [3.05, 3.63) is 30.3 Å². The molecule has 13 heavy (non-hydrogen) atoms. The van der Waals surface area contributed by atoms with Gasteiger partial charge in [-0.15, -0.1) is 0 Å². The maximum Gasteiger partial charge on any atom is 0.137 e. The molecular weight excluding hydrogens is 166 g/mol. The van der Waals surface area contributed by atoms with Crippen molar-refractivity contribution in [2.24, 2.45) is 5.73 Å². The van der Waals surface area contributed by atoms with Gasteiger partial charge in [0.15, 0.2) is 0 Å². The molecule has 1 fully saturated rings. The second-order valence-corrected chi connectivity index (χ2v) is 3.28. The summed E-state index contributed by atoms with van der Waals surface area (Å²) in [5.74, 6) is 0.867. The molecule has 70 valence electrons. The Morgan fingerprint density at radius 3 is 2.62 bits per heavy atom. The molecule has 0 saturated carbocycles. The van der Waals surface area contributed by atoms with Crippen LogP contribution in [-0.4, -0.2) is 25.4 Å². The first-order valence-electron chi connectivity index (χ1n) is 4.37. The Labute approximate surface area is 77.5 Å². The lowest BCUT2D eigenvalue weighted by Crippen LogP contribution is -2.30. The minimum absolute atomic E-state index is 0.199. The van der Waals surface area contributed by atoms with E-state index in [1.165, 1.54) is 0 Å². The molecule has 1 aromatic carbocycles. The van der Waals surface area contributed by atoms with E-state index in [0.29, 0.717) is 13.2 Å². The molecule has 1 aliphatic heterocycles. The van der Waals surface area contributed by atoms with Crippen LogP contribution in [0.1, 0.15) is 0 Å². The highest BCUT2D eigenvalue weighted by molar-refractivity contribution is 5.21. The molecule has 0 amide bonds. The average Bonchev–Trinajstić information content (AvgIpc) is 2.97. The summed E-state index contributed by atoms with van der Waals surface area (Å²) in [6.45, 7) is 1.80. The van der Waals surface area contributed by atoms with E-state index in [1.54, 1.807) is 0 Å². The molecule has 1 atom stereocenters. The van der Waals surface area contributed by atoms with Crippen LogP contribution in [0.3, 0.4) is 0 Å². The third kappa shape index (κ3) is 1.99. The minimum atomic E-state index is -0.199. The number of epoxide rings is 1. The lowest BCUT2D eigenvalue weighted by Gasteiger charge is -2.10. The van der Waals surface area contributed by atoms with Gasteiger partial charge < -0.3 is 15.2 Å². The second kappa shape index (κ2) is 3.36. The fraction of sp³-hybridized carbons (Fsp3) is 0.400. The van der Waals surface area contributed by atoms with Gasteiger partial charge in [0.2, 0.25) is 0 Å². The van der Waals surface area contributed by atoms with Gasteiger partial charge in [0.25, 0.3) is 0 Å². The summed E-state index contributed by atoms with van der Waals surface area (Å²) in [5, 5.41) is 0. The first-order valence-corrected chi connectivity index (χ1v) is 4.37. The van der Waals surface area contributed by atoms with Gasteiger partial charge in [0, 0.05) is 6.54 Å². The van der Waals surface area contributed by atoms with E-state index in [9.17, 15) is 0 Å². The molecule has 3 heteroatoms. The van der Waals surface area contributed by atoms with Crippen LogP contribution in [0, 0.1) is 0 Å². The van der Waals surface area contributed by atoms with Gasteiger partial charge in [-0.3, -0.25) is 0 Å². The van der Waals surface area contributed by atoms with Gasteiger partial charge >= 0.3 is 0 Å². The van der Waals surface area contributed by atoms with Crippen LogP contribution in [0.4, 0.5) is 0 Å². The van der Waals surface area contributed by atoms with E-state index in [1.807, 2.05) is 30.3 Å². The normalized spacial score (nSPS) is 25.6. The van der Waals surface area contributed by atoms with Crippen molar-refractivity contribution in [2.45, 2.75) is 5.60 Å². The first-order chi connectivity index (χ1) is 6.35. The molecule has 0 spiro atoms. The molecule has 1 aromatic rings. The molecule has 3 nitrogen and oxygen atoms in total. The van der Waals surface area contributed by atoms with E-state index in [4.69, 9.17) is 15.2 Å². The third-order valence-electron chi connectivity index (χ3n) is 2.17. The van der Waals surface area contributed by atoms with E-state index < -0.39 is 0 Å². The number of hydrogen-bond acceptors (Lipinski definition) is 3. The van der Waals surface area contributed by atoms with Gasteiger partial charge in [-0.05, 0) is 12.1 Å². The fourth-order valence-corrected chi connectivity index (χ4v) is 1.09. The molecule has 0 radical (unpaired) electrons. The number of hydrogen-bond donors (Lipinski definition) is 1. The van der Waals surface area contributed by atoms with Crippen molar-refractivity contribution in [3.8, 4) is 5.75 Å². The molecule has 1 unspecified atom stereocenters. The van der Waals surface area contributed by atoms with E-state index in [2.05, 4.69) is 0 Å². The maximum atomic E-state index is 5.53. The molecule has 1 heterocycles. The van der Waals surface area contributed by atoms with Crippen molar-refractivity contribution in [2.75, 3.05) is 19.8 Å². The summed E-state index contributed by atoms with van der Waals surface area (Å²) in [5.41, 5.74) is 5.33. The van der Waals surface area contributed by atoms with Crippen LogP contribution >= 0.6 is 0 Å². The molecule has 1 aliphatic rings. The van der Waals surface area contributed by atoms with Crippen molar-refractivity contribution in [3.63, 3.8) is 0 Å². The van der Waals surface area contributed by atoms with Gasteiger partial charge in [-0.2, -0.15) is 0 Å². The third-order valence-corrected chi connectivity index (χ3v) is 2.17. The van der Waals surface area contributed by atoms with Crippen molar-refractivity contribution >= 4 is 0 Å². The van der Waals surface area contributed by atoms with Crippen LogP contribution in [0.5, 0.6) is 5.75 Å². The van der Waals surface area contributed by atoms with Crippen LogP contribution in [0.25, 0.3) is 0 Å². The zero-order valence-corrected chi connectivity index (χ0v) is 7.40. The fourth-order valence-electron chi connectivity index (χ4n) is 1.09. The van der Waals surface area contributed by atoms with E-state index in [-0.39, 0.29) is 5.60 Å². The molecule has 0 aromatic heterocycles. The van der Waals surface area contributed by atoms with Crippen LogP contribution in [0.2, 0.25) is 0 Å². The predicted octanol–water partition coefficient (Wildman–Crippen LogP) is 0.793. The monoisotopic (exact) mass is 179 g/mol. The molecule has 1 saturated heterocycles. The highest BCUT2D eigenvalue weighted by Gasteiger charge is 2.44. The van der Waals surface area contributed by atoms with Crippen LogP contribution in [-0.2, 0) is 4.74 Å². The van der Waals surface area contributed by atoms with Crippen molar-refractivity contribution < 1.29 is 9.47 Å². The summed E-state index contributed by atoms with van der Waals surface area (Å²) in [4.78, 5) is 0. The van der Waals surface area contributed by atoms with Crippen molar-refractivity contribution in [1.82, 2.24) is 0 Å². The Kier molecular flexibility index (Phi) is 2.20. The van der Waals surface area contributed by atoms with Crippen LogP contribution in [0.15, 0.2) is 30.3 Å². The number of ether oxygens (including phenoxy) is 2. The van der Waals surface area contributed by atoms with Gasteiger partial charge in [0.05, 0.1) is 6.61 Å². The maximum absolute atomic E-state index is 5.53. The highest BCUT2D eigenvalue weighted by atomic mass is 16.6. The summed E-state index contributed by atoms with van der Waals surface area (Å²) in [6, 6.07) is 9.69. The Hall–Kier alpha value is -1.06. The number of benzene rings is 1. The summed E-state index contributed by atoms with van der Waals surface area (Å²) in [7, 11) is 0. The zero-order valence-electron chi connectivity index (χ0n) is 7.40. The molecule has 2 N–H and O–H groups in total. The Bertz CT molecular complexity index is 270. The SMILES string of the molecule is NCC1(COc2ccccc2)CO1. The molecule has 0 bridgehead atoms. The number of rotatable bonds is 4. The number of nitrogens with two attached hydrogens (primary N) is 1. The quantitative estimate of drug-likeness (QED) is 0.695. The van der Waals surface area contributed by atoms with Gasteiger partial charge in [-0.25, -0.2) is 0 Å².